The summed E-state index contributed by atoms with van der Waals surface area (Å²) in [6, 6.07) is 20.8. The van der Waals surface area contributed by atoms with Gasteiger partial charge in [-0.2, -0.15) is 0 Å². The van der Waals surface area contributed by atoms with Crippen molar-refractivity contribution in [1.82, 2.24) is 0 Å². The van der Waals surface area contributed by atoms with Crippen LogP contribution < -0.4 is 30.7 Å². The lowest BCUT2D eigenvalue weighted by Crippen LogP contribution is -2.30. The van der Waals surface area contributed by atoms with E-state index in [1.807, 2.05) is 54.6 Å². The molecule has 0 aromatic heterocycles. The maximum absolute atomic E-state index is 13.2. The molecule has 0 atom stereocenters. The fraction of sp³-hybridized carbons (Fsp3) is 0.214. The number of nitrogens with zero attached hydrogens (tertiary/aromatic N) is 1. The molecule has 4 N–H and O–H groups in total. The van der Waals surface area contributed by atoms with Crippen LogP contribution in [0.5, 0.6) is 11.5 Å². The van der Waals surface area contributed by atoms with E-state index in [9.17, 15) is 9.59 Å². The molecule has 0 bridgehead atoms. The molecule has 0 saturated carbocycles. The number of rotatable bonds is 9. The number of hydrogen-bond acceptors (Lipinski definition) is 6. The number of benzene rings is 3. The molecule has 3 aromatic rings. The highest BCUT2D eigenvalue weighted by molar-refractivity contribution is 6.37. The summed E-state index contributed by atoms with van der Waals surface area (Å²) in [5, 5.41) is 6.38. The van der Waals surface area contributed by atoms with Crippen LogP contribution in [0.15, 0.2) is 66.7 Å². The first-order valence-corrected chi connectivity index (χ1v) is 11.7. The van der Waals surface area contributed by atoms with E-state index in [0.717, 1.165) is 16.9 Å². The van der Waals surface area contributed by atoms with Gasteiger partial charge in [0.05, 0.1) is 31.2 Å². The fourth-order valence-electron chi connectivity index (χ4n) is 4.22. The van der Waals surface area contributed by atoms with Crippen LogP contribution in [-0.4, -0.2) is 39.1 Å². The topological polar surface area (TPSA) is 106 Å². The van der Waals surface area contributed by atoms with Crippen LogP contribution in [-0.2, 0) is 9.59 Å². The Kier molecular flexibility index (Phi) is 7.56. The average molecular weight is 487 g/mol. The summed E-state index contributed by atoms with van der Waals surface area (Å²) in [4.78, 5) is 27.0. The van der Waals surface area contributed by atoms with Crippen LogP contribution in [0.4, 0.5) is 17.1 Å². The Hall–Kier alpha value is -4.30. The Morgan fingerprint density at radius 2 is 1.67 bits per heavy atom. The number of nitrogens with two attached hydrogens (primary N) is 1. The Balaban J connectivity index is 1.77. The summed E-state index contributed by atoms with van der Waals surface area (Å²) in [5.74, 6) is 0.795. The van der Waals surface area contributed by atoms with E-state index in [1.165, 1.54) is 0 Å². The number of anilines is 3. The minimum Gasteiger partial charge on any atom is -0.493 e. The lowest BCUT2D eigenvalue weighted by Gasteiger charge is -2.21. The molecule has 1 aliphatic heterocycles. The van der Waals surface area contributed by atoms with Crippen LogP contribution in [0.1, 0.15) is 24.5 Å². The largest absolute Gasteiger partial charge is 0.493 e. The van der Waals surface area contributed by atoms with Crippen molar-refractivity contribution < 1.29 is 19.1 Å². The van der Waals surface area contributed by atoms with Gasteiger partial charge in [0.1, 0.15) is 0 Å². The van der Waals surface area contributed by atoms with Gasteiger partial charge in [0.2, 0.25) is 5.91 Å². The molecule has 3 aromatic carbocycles. The summed E-state index contributed by atoms with van der Waals surface area (Å²) < 4.78 is 10.9. The number of amides is 2. The van der Waals surface area contributed by atoms with E-state index in [0.29, 0.717) is 53.5 Å². The lowest BCUT2D eigenvalue weighted by atomic mass is 9.99. The number of methoxy groups -OCH3 is 2. The first-order valence-electron chi connectivity index (χ1n) is 11.7. The van der Waals surface area contributed by atoms with Gasteiger partial charge in [0.15, 0.2) is 11.5 Å². The zero-order chi connectivity index (χ0) is 25.7. The molecule has 0 unspecified atom stereocenters. The van der Waals surface area contributed by atoms with Gasteiger partial charge in [0, 0.05) is 36.5 Å². The van der Waals surface area contributed by atoms with Crippen LogP contribution in [0, 0.1) is 0 Å². The number of ether oxygens (including phenoxy) is 2. The lowest BCUT2D eigenvalue weighted by molar-refractivity contribution is -0.116. The molecule has 1 aliphatic rings. The van der Waals surface area contributed by atoms with Gasteiger partial charge in [-0.1, -0.05) is 30.3 Å². The van der Waals surface area contributed by atoms with Crippen LogP contribution in [0.3, 0.4) is 0 Å². The second-order valence-corrected chi connectivity index (χ2v) is 8.31. The van der Waals surface area contributed by atoms with E-state index >= 15 is 0 Å². The maximum atomic E-state index is 13.2. The molecular weight excluding hydrogens is 456 g/mol. The van der Waals surface area contributed by atoms with E-state index in [4.69, 9.17) is 15.2 Å². The predicted octanol–water partition coefficient (Wildman–Crippen LogP) is 4.34. The van der Waals surface area contributed by atoms with Gasteiger partial charge in [-0.3, -0.25) is 9.59 Å². The number of carbonyl (C=O) groups excluding carboxylic acids is 2. The van der Waals surface area contributed by atoms with E-state index < -0.39 is 0 Å². The summed E-state index contributed by atoms with van der Waals surface area (Å²) in [5.41, 5.74) is 10.5. The monoisotopic (exact) mass is 486 g/mol. The van der Waals surface area contributed by atoms with Gasteiger partial charge in [0.25, 0.3) is 5.91 Å². The molecule has 8 nitrogen and oxygen atoms in total. The molecule has 36 heavy (non-hydrogen) atoms. The summed E-state index contributed by atoms with van der Waals surface area (Å²) >= 11 is 0. The Bertz CT molecular complexity index is 1290. The Morgan fingerprint density at radius 1 is 1.00 bits per heavy atom. The molecule has 1 heterocycles. The minimum absolute atomic E-state index is 0.0418. The molecule has 186 valence electrons. The molecular formula is C28H30N4O4. The second-order valence-electron chi connectivity index (χ2n) is 8.31. The number of carbonyl (C=O) groups is 2. The Labute approximate surface area is 210 Å². The van der Waals surface area contributed by atoms with Crippen molar-refractivity contribution in [2.45, 2.75) is 13.3 Å². The first kappa shape index (κ1) is 24.8. The third-order valence-electron chi connectivity index (χ3n) is 6.00. The van der Waals surface area contributed by atoms with Crippen molar-refractivity contribution in [3.8, 4) is 11.5 Å². The summed E-state index contributed by atoms with van der Waals surface area (Å²) in [6.45, 7) is 2.61. The van der Waals surface area contributed by atoms with E-state index in [2.05, 4.69) is 10.6 Å². The fourth-order valence-corrected chi connectivity index (χ4v) is 4.22. The van der Waals surface area contributed by atoms with Crippen molar-refractivity contribution in [2.24, 2.45) is 5.73 Å². The quantitative estimate of drug-likeness (QED) is 0.389. The second kappa shape index (κ2) is 11.0. The van der Waals surface area contributed by atoms with Crippen LogP contribution in [0.2, 0.25) is 0 Å². The third kappa shape index (κ3) is 5.04. The molecule has 0 spiro atoms. The predicted molar refractivity (Wildman–Crippen MR) is 143 cm³/mol. The van der Waals surface area contributed by atoms with Crippen molar-refractivity contribution in [3.63, 3.8) is 0 Å². The molecule has 0 aliphatic carbocycles. The van der Waals surface area contributed by atoms with E-state index in [-0.39, 0.29) is 11.8 Å². The highest BCUT2D eigenvalue weighted by Crippen LogP contribution is 2.43. The highest BCUT2D eigenvalue weighted by atomic mass is 16.5. The molecule has 2 amide bonds. The summed E-state index contributed by atoms with van der Waals surface area (Å²) in [7, 11) is 3.12. The first-order chi connectivity index (χ1) is 17.5. The van der Waals surface area contributed by atoms with Gasteiger partial charge < -0.3 is 30.7 Å². The Morgan fingerprint density at radius 3 is 2.28 bits per heavy atom. The zero-order valence-corrected chi connectivity index (χ0v) is 20.6. The van der Waals surface area contributed by atoms with Crippen LogP contribution >= 0.6 is 0 Å². The van der Waals surface area contributed by atoms with Gasteiger partial charge >= 0.3 is 0 Å². The standard InChI is InChI=1S/C28H30N4O4/c1-18(33)32(15-7-14-29)21-12-10-20(11-13-21)30-27(19-8-5-4-6-9-19)26-22-16-24(35-2)25(36-3)17-23(22)31-28(26)34/h4-6,8-13,16-17,30H,7,14-15,29H2,1-3H3,(H,31,34). The summed E-state index contributed by atoms with van der Waals surface area (Å²) in [6.07, 6.45) is 0.715. The number of hydrogen-bond donors (Lipinski definition) is 3. The average Bonchev–Trinajstić information content (AvgIpc) is 3.21. The maximum Gasteiger partial charge on any atom is 0.258 e. The molecule has 4 rings (SSSR count). The smallest absolute Gasteiger partial charge is 0.258 e. The molecule has 0 saturated heterocycles. The molecule has 0 fully saturated rings. The zero-order valence-electron chi connectivity index (χ0n) is 20.6. The molecule has 8 heteroatoms. The van der Waals surface area contributed by atoms with E-state index in [1.54, 1.807) is 38.2 Å². The van der Waals surface area contributed by atoms with Crippen molar-refractivity contribution in [2.75, 3.05) is 42.8 Å². The van der Waals surface area contributed by atoms with Gasteiger partial charge in [-0.15, -0.1) is 0 Å². The van der Waals surface area contributed by atoms with Crippen molar-refractivity contribution in [1.29, 1.82) is 0 Å². The third-order valence-corrected chi connectivity index (χ3v) is 6.00. The highest BCUT2D eigenvalue weighted by Gasteiger charge is 2.30. The van der Waals surface area contributed by atoms with Crippen LogP contribution in [0.25, 0.3) is 11.3 Å². The number of fused-ring (bicyclic) bond motifs is 1. The van der Waals surface area contributed by atoms with Crippen molar-refractivity contribution in [3.05, 3.63) is 77.9 Å². The minimum atomic E-state index is -0.229. The molecule has 0 radical (unpaired) electrons. The normalized spacial score (nSPS) is 13.5. The van der Waals surface area contributed by atoms with Gasteiger partial charge in [-0.25, -0.2) is 0 Å². The number of nitrogens with one attached hydrogen (secondary N) is 2. The SMILES string of the molecule is COc1cc2c(cc1OC)C(=C(Nc1ccc(N(CCCN)C(C)=O)cc1)c1ccccc1)C(=O)N2. The van der Waals surface area contributed by atoms with Gasteiger partial charge in [-0.05, 0) is 48.9 Å². The van der Waals surface area contributed by atoms with Crippen molar-refractivity contribution >= 4 is 40.1 Å².